The van der Waals surface area contributed by atoms with Gasteiger partial charge < -0.3 is 10.8 Å². The van der Waals surface area contributed by atoms with Crippen LogP contribution in [0.4, 0.5) is 26.3 Å². The molecule has 0 atom stereocenters. The number of pyridine rings is 1. The molecule has 32 heavy (non-hydrogen) atoms. The van der Waals surface area contributed by atoms with Crippen molar-refractivity contribution >= 4 is 21.7 Å². The highest BCUT2D eigenvalue weighted by atomic mass is 32.2. The molecular formula is C18H14F6N2O5S. The summed E-state index contributed by atoms with van der Waals surface area (Å²) in [5.41, 5.74) is 2.26. The normalized spacial score (nSPS) is 15.3. The Bertz CT molecular complexity index is 1120. The fraction of sp³-hybridized carbons (Fsp3) is 0.278. The summed E-state index contributed by atoms with van der Waals surface area (Å²) < 4.78 is 95.3. The van der Waals surface area contributed by atoms with Gasteiger partial charge >= 0.3 is 18.3 Å². The number of hydrogen-bond acceptors (Lipinski definition) is 5. The van der Waals surface area contributed by atoms with Crippen molar-refractivity contribution in [1.29, 1.82) is 0 Å². The molecule has 1 fully saturated rings. The van der Waals surface area contributed by atoms with Crippen LogP contribution in [-0.4, -0.2) is 35.1 Å². The number of benzene rings is 1. The van der Waals surface area contributed by atoms with Crippen LogP contribution in [0.25, 0.3) is 0 Å². The first-order chi connectivity index (χ1) is 14.5. The summed E-state index contributed by atoms with van der Waals surface area (Å²) >= 11 is 0. The fourth-order valence-corrected chi connectivity index (χ4v) is 4.30. The largest absolute Gasteiger partial charge is 0.480 e. The number of nitrogens with two attached hydrogens (primary N) is 1. The van der Waals surface area contributed by atoms with Gasteiger partial charge in [-0.1, -0.05) is 6.07 Å². The molecule has 1 aromatic heterocycles. The highest BCUT2D eigenvalue weighted by Gasteiger charge is 2.61. The second kappa shape index (κ2) is 8.41. The first-order valence-corrected chi connectivity index (χ1v) is 10.00. The Morgan fingerprint density at radius 2 is 1.47 bits per heavy atom. The van der Waals surface area contributed by atoms with Crippen molar-refractivity contribution < 1.29 is 49.5 Å². The SMILES string of the molecule is NC(=O)c1cccc(C(F)(F)F)n1.O=C(O)C1(S(=O)(=O)c2ccc(C(F)(F)F)cc2)CC1. The van der Waals surface area contributed by atoms with Crippen molar-refractivity contribution in [2.24, 2.45) is 5.73 Å². The number of halogens is 6. The number of aromatic nitrogens is 1. The van der Waals surface area contributed by atoms with Crippen molar-refractivity contribution in [3.8, 4) is 0 Å². The van der Waals surface area contributed by atoms with Crippen molar-refractivity contribution in [3.63, 3.8) is 0 Å². The highest BCUT2D eigenvalue weighted by molar-refractivity contribution is 7.94. The summed E-state index contributed by atoms with van der Waals surface area (Å²) in [7, 11) is -4.16. The molecule has 2 aromatic rings. The van der Waals surface area contributed by atoms with Crippen LogP contribution in [0.2, 0.25) is 0 Å². The summed E-state index contributed by atoms with van der Waals surface area (Å²) in [5.74, 6) is -2.45. The lowest BCUT2D eigenvalue weighted by molar-refractivity contribution is -0.141. The molecule has 3 rings (SSSR count). The number of carbonyl (C=O) groups is 2. The monoisotopic (exact) mass is 484 g/mol. The summed E-state index contributed by atoms with van der Waals surface area (Å²) in [4.78, 5) is 24.1. The molecule has 0 bridgehead atoms. The van der Waals surface area contributed by atoms with E-state index in [0.717, 1.165) is 30.3 Å². The zero-order valence-electron chi connectivity index (χ0n) is 15.7. The maximum atomic E-state index is 12.3. The van der Waals surface area contributed by atoms with Gasteiger partial charge in [0, 0.05) is 0 Å². The van der Waals surface area contributed by atoms with E-state index in [9.17, 15) is 44.3 Å². The van der Waals surface area contributed by atoms with Crippen LogP contribution >= 0.6 is 0 Å². The summed E-state index contributed by atoms with van der Waals surface area (Å²) in [6, 6.07) is 5.82. The molecule has 1 aliphatic carbocycles. The first-order valence-electron chi connectivity index (χ1n) is 8.52. The summed E-state index contributed by atoms with van der Waals surface area (Å²) in [6.07, 6.45) is -9.16. The molecule has 1 aromatic carbocycles. The fourth-order valence-electron chi connectivity index (χ4n) is 2.49. The number of carbonyl (C=O) groups excluding carboxylic acids is 1. The number of nitrogens with zero attached hydrogens (tertiary/aromatic N) is 1. The lowest BCUT2D eigenvalue weighted by Crippen LogP contribution is -2.32. The molecule has 14 heteroatoms. The number of alkyl halides is 6. The molecule has 0 spiro atoms. The smallest absolute Gasteiger partial charge is 0.433 e. The number of amides is 1. The number of aliphatic carboxylic acids is 1. The van der Waals surface area contributed by atoms with Gasteiger partial charge in [0.05, 0.1) is 10.5 Å². The van der Waals surface area contributed by atoms with Gasteiger partial charge in [-0.2, -0.15) is 26.3 Å². The predicted molar refractivity (Wildman–Crippen MR) is 96.0 cm³/mol. The quantitative estimate of drug-likeness (QED) is 0.642. The number of sulfone groups is 1. The number of rotatable bonds is 4. The van der Waals surface area contributed by atoms with Gasteiger partial charge in [0.2, 0.25) is 0 Å². The van der Waals surface area contributed by atoms with Crippen LogP contribution in [0.5, 0.6) is 0 Å². The van der Waals surface area contributed by atoms with E-state index in [0.29, 0.717) is 12.1 Å². The Kier molecular flexibility index (Phi) is 6.60. The van der Waals surface area contributed by atoms with E-state index in [1.54, 1.807) is 0 Å². The second-order valence-corrected chi connectivity index (χ2v) is 8.85. The van der Waals surface area contributed by atoms with Crippen LogP contribution < -0.4 is 5.73 Å². The molecule has 1 heterocycles. The third-order valence-corrected chi connectivity index (χ3v) is 6.90. The topological polar surface area (TPSA) is 127 Å². The third kappa shape index (κ3) is 5.18. The molecule has 3 N–H and O–H groups in total. The first kappa shape index (κ1) is 25.1. The molecule has 1 amide bonds. The zero-order valence-corrected chi connectivity index (χ0v) is 16.6. The second-order valence-electron chi connectivity index (χ2n) is 6.60. The van der Waals surface area contributed by atoms with Crippen molar-refractivity contribution in [2.45, 2.75) is 34.8 Å². The van der Waals surface area contributed by atoms with E-state index >= 15 is 0 Å². The number of carboxylic acids is 1. The standard InChI is InChI=1S/C11H9F3O4S.C7H5F3N2O/c12-11(13,14)7-1-3-8(4-2-7)19(17,18)10(5-6-10)9(15)16;8-7(9,10)5-3-1-2-4(12-5)6(11)13/h1-4H,5-6H2,(H,15,16);1-3H,(H2,11,13). The van der Waals surface area contributed by atoms with Crippen LogP contribution in [0.1, 0.15) is 34.6 Å². The van der Waals surface area contributed by atoms with Gasteiger partial charge in [0.1, 0.15) is 11.4 Å². The Hall–Kier alpha value is -3.16. The lowest BCUT2D eigenvalue weighted by Gasteiger charge is -2.12. The molecule has 0 radical (unpaired) electrons. The Morgan fingerprint density at radius 3 is 1.84 bits per heavy atom. The average Bonchev–Trinajstić information content (AvgIpc) is 3.50. The predicted octanol–water partition coefficient (Wildman–Crippen LogP) is 3.30. The lowest BCUT2D eigenvalue weighted by atomic mass is 10.2. The maximum Gasteiger partial charge on any atom is 0.433 e. The summed E-state index contributed by atoms with van der Waals surface area (Å²) in [6.45, 7) is 0. The van der Waals surface area contributed by atoms with Crippen molar-refractivity contribution in [2.75, 3.05) is 0 Å². The zero-order chi connectivity index (χ0) is 24.5. The number of carboxylic acid groups (broad SMARTS) is 1. The van der Waals surface area contributed by atoms with Gasteiger partial charge in [-0.15, -0.1) is 0 Å². The van der Waals surface area contributed by atoms with E-state index in [1.165, 1.54) is 0 Å². The summed E-state index contributed by atoms with van der Waals surface area (Å²) in [5, 5.41) is 8.93. The number of primary amides is 1. The van der Waals surface area contributed by atoms with E-state index < -0.39 is 60.7 Å². The minimum Gasteiger partial charge on any atom is -0.480 e. The maximum absolute atomic E-state index is 12.3. The minimum absolute atomic E-state index is 0.0221. The minimum atomic E-state index is -4.56. The van der Waals surface area contributed by atoms with Gasteiger partial charge in [-0.25, -0.2) is 13.4 Å². The van der Waals surface area contributed by atoms with E-state index in [-0.39, 0.29) is 12.8 Å². The van der Waals surface area contributed by atoms with Crippen LogP contribution in [-0.2, 0) is 27.0 Å². The van der Waals surface area contributed by atoms with Crippen molar-refractivity contribution in [1.82, 2.24) is 4.98 Å². The van der Waals surface area contributed by atoms with Gasteiger partial charge in [0.25, 0.3) is 5.91 Å². The molecule has 0 saturated heterocycles. The average molecular weight is 484 g/mol. The Balaban J connectivity index is 0.000000244. The van der Waals surface area contributed by atoms with Crippen LogP contribution in [0, 0.1) is 0 Å². The molecule has 0 unspecified atom stereocenters. The molecule has 7 nitrogen and oxygen atoms in total. The molecule has 0 aliphatic heterocycles. The van der Waals surface area contributed by atoms with E-state index in [1.807, 2.05) is 0 Å². The van der Waals surface area contributed by atoms with Gasteiger partial charge in [-0.3, -0.25) is 9.59 Å². The molecular weight excluding hydrogens is 470 g/mol. The highest BCUT2D eigenvalue weighted by Crippen LogP contribution is 2.47. The number of hydrogen-bond donors (Lipinski definition) is 2. The van der Waals surface area contributed by atoms with Crippen molar-refractivity contribution in [3.05, 3.63) is 59.4 Å². The van der Waals surface area contributed by atoms with E-state index in [2.05, 4.69) is 4.98 Å². The molecule has 1 aliphatic rings. The van der Waals surface area contributed by atoms with Gasteiger partial charge in [-0.05, 0) is 49.2 Å². The van der Waals surface area contributed by atoms with Crippen LogP contribution in [0.3, 0.4) is 0 Å². The molecule has 1 saturated carbocycles. The van der Waals surface area contributed by atoms with Gasteiger partial charge in [0.15, 0.2) is 14.6 Å². The third-order valence-electron chi connectivity index (χ3n) is 4.39. The Labute approximate surface area is 176 Å². The van der Waals surface area contributed by atoms with E-state index in [4.69, 9.17) is 10.8 Å². The van der Waals surface area contributed by atoms with Crippen LogP contribution in [0.15, 0.2) is 47.4 Å². The Morgan fingerprint density at radius 1 is 0.938 bits per heavy atom. The molecule has 174 valence electrons.